The molecule has 0 radical (unpaired) electrons. The Morgan fingerprint density at radius 2 is 1.89 bits per heavy atom. The number of amides is 1. The van der Waals surface area contributed by atoms with Crippen LogP contribution in [0.4, 0.5) is 4.79 Å². The first-order valence-corrected chi connectivity index (χ1v) is 6.67. The molecular formula is C14H28N2O2. The Morgan fingerprint density at radius 1 is 1.33 bits per heavy atom. The molecule has 1 aliphatic rings. The summed E-state index contributed by atoms with van der Waals surface area (Å²) in [6.07, 6.45) is 0.812. The second-order valence-electron chi connectivity index (χ2n) is 7.16. The lowest BCUT2D eigenvalue weighted by molar-refractivity contribution is -0.0109. The van der Waals surface area contributed by atoms with E-state index in [1.54, 1.807) is 0 Å². The molecule has 1 fully saturated rings. The van der Waals surface area contributed by atoms with E-state index < -0.39 is 5.60 Å². The molecule has 1 heterocycles. The van der Waals surface area contributed by atoms with Crippen LogP contribution in [0.2, 0.25) is 0 Å². The van der Waals surface area contributed by atoms with Gasteiger partial charge in [0.05, 0.1) is 0 Å². The van der Waals surface area contributed by atoms with Gasteiger partial charge in [-0.25, -0.2) is 4.79 Å². The number of carbonyl (C=O) groups excluding carboxylic acids is 1. The summed E-state index contributed by atoms with van der Waals surface area (Å²) in [5, 5.41) is 0. The first-order valence-electron chi connectivity index (χ1n) is 6.67. The number of nitrogens with zero attached hydrogens (tertiary/aromatic N) is 2. The summed E-state index contributed by atoms with van der Waals surface area (Å²) >= 11 is 0. The van der Waals surface area contributed by atoms with Gasteiger partial charge in [0.25, 0.3) is 0 Å². The standard InChI is InChI=1S/C14H28N2O2/c1-13(2,3)18-12(17)16-9-8-11(15(6)7)14(4,5)10-16/h11H,8-10H2,1-7H3. The molecule has 4 nitrogen and oxygen atoms in total. The van der Waals surface area contributed by atoms with Crippen molar-refractivity contribution in [3.8, 4) is 0 Å². The molecule has 1 atom stereocenters. The third-order valence-corrected chi connectivity index (χ3v) is 3.45. The monoisotopic (exact) mass is 256 g/mol. The molecule has 0 aliphatic carbocycles. The lowest BCUT2D eigenvalue weighted by atomic mass is 9.78. The van der Waals surface area contributed by atoms with Crippen LogP contribution in [0.5, 0.6) is 0 Å². The third-order valence-electron chi connectivity index (χ3n) is 3.45. The van der Waals surface area contributed by atoms with E-state index in [-0.39, 0.29) is 11.5 Å². The third kappa shape index (κ3) is 3.87. The van der Waals surface area contributed by atoms with Crippen LogP contribution in [0, 0.1) is 5.41 Å². The molecule has 0 N–H and O–H groups in total. The molecule has 1 aliphatic heterocycles. The average Bonchev–Trinajstić information content (AvgIpc) is 2.12. The highest BCUT2D eigenvalue weighted by atomic mass is 16.6. The van der Waals surface area contributed by atoms with Crippen molar-refractivity contribution in [2.24, 2.45) is 5.41 Å². The minimum Gasteiger partial charge on any atom is -0.444 e. The van der Waals surface area contributed by atoms with Gasteiger partial charge in [-0.3, -0.25) is 0 Å². The highest BCUT2D eigenvalue weighted by Crippen LogP contribution is 2.32. The SMILES string of the molecule is CN(C)C1CCN(C(=O)OC(C)(C)C)CC1(C)C. The van der Waals surface area contributed by atoms with Crippen LogP contribution in [0.25, 0.3) is 0 Å². The Bertz CT molecular complexity index is 305. The van der Waals surface area contributed by atoms with Crippen LogP contribution in [-0.2, 0) is 4.74 Å². The number of hydrogen-bond donors (Lipinski definition) is 0. The fraction of sp³-hybridized carbons (Fsp3) is 0.929. The van der Waals surface area contributed by atoms with Crippen molar-refractivity contribution in [2.45, 2.75) is 52.7 Å². The van der Waals surface area contributed by atoms with Crippen molar-refractivity contribution < 1.29 is 9.53 Å². The Balaban J connectivity index is 2.66. The number of piperidine rings is 1. The van der Waals surface area contributed by atoms with Crippen molar-refractivity contribution in [2.75, 3.05) is 27.2 Å². The van der Waals surface area contributed by atoms with Crippen LogP contribution in [-0.4, -0.2) is 54.7 Å². The molecule has 0 bridgehead atoms. The Morgan fingerprint density at radius 3 is 2.28 bits per heavy atom. The zero-order valence-corrected chi connectivity index (χ0v) is 12.9. The van der Waals surface area contributed by atoms with Crippen LogP contribution >= 0.6 is 0 Å². The van der Waals surface area contributed by atoms with E-state index in [1.807, 2.05) is 25.7 Å². The molecule has 0 aromatic heterocycles. The molecule has 4 heteroatoms. The number of hydrogen-bond acceptors (Lipinski definition) is 3. The fourth-order valence-electron chi connectivity index (χ4n) is 2.78. The molecule has 1 saturated heterocycles. The highest BCUT2D eigenvalue weighted by molar-refractivity contribution is 5.68. The summed E-state index contributed by atoms with van der Waals surface area (Å²) in [7, 11) is 4.21. The second-order valence-corrected chi connectivity index (χ2v) is 7.16. The largest absolute Gasteiger partial charge is 0.444 e. The van der Waals surface area contributed by atoms with Crippen molar-refractivity contribution in [1.82, 2.24) is 9.80 Å². The van der Waals surface area contributed by atoms with Crippen molar-refractivity contribution >= 4 is 6.09 Å². The topological polar surface area (TPSA) is 32.8 Å². The minimum atomic E-state index is -0.417. The Labute approximate surface area is 111 Å². The summed E-state index contributed by atoms with van der Waals surface area (Å²) in [6, 6.07) is 0.510. The number of likely N-dealkylation sites (tertiary alicyclic amines) is 1. The van der Waals surface area contributed by atoms with Gasteiger partial charge in [-0.05, 0) is 46.7 Å². The lowest BCUT2D eigenvalue weighted by Crippen LogP contribution is -2.55. The summed E-state index contributed by atoms with van der Waals surface area (Å²) in [5.74, 6) is 0. The maximum absolute atomic E-state index is 12.1. The molecule has 106 valence electrons. The average molecular weight is 256 g/mol. The van der Waals surface area contributed by atoms with E-state index in [0.717, 1.165) is 19.5 Å². The van der Waals surface area contributed by atoms with E-state index in [1.165, 1.54) is 0 Å². The summed E-state index contributed by atoms with van der Waals surface area (Å²) < 4.78 is 5.44. The molecule has 1 rings (SSSR count). The van der Waals surface area contributed by atoms with E-state index in [4.69, 9.17) is 4.74 Å². The van der Waals surface area contributed by atoms with Crippen LogP contribution in [0.3, 0.4) is 0 Å². The number of rotatable bonds is 1. The van der Waals surface area contributed by atoms with E-state index in [0.29, 0.717) is 6.04 Å². The molecule has 0 spiro atoms. The Hall–Kier alpha value is -0.770. The number of carbonyl (C=O) groups is 1. The van der Waals surface area contributed by atoms with Gasteiger partial charge < -0.3 is 14.5 Å². The van der Waals surface area contributed by atoms with Gasteiger partial charge >= 0.3 is 6.09 Å². The van der Waals surface area contributed by atoms with Gasteiger partial charge in [0.2, 0.25) is 0 Å². The van der Waals surface area contributed by atoms with Crippen LogP contribution in [0.1, 0.15) is 41.0 Å². The zero-order valence-electron chi connectivity index (χ0n) is 12.9. The first kappa shape index (κ1) is 15.3. The van der Waals surface area contributed by atoms with Gasteiger partial charge in [0.1, 0.15) is 5.60 Å². The molecule has 18 heavy (non-hydrogen) atoms. The van der Waals surface area contributed by atoms with E-state index in [2.05, 4.69) is 32.8 Å². The van der Waals surface area contributed by atoms with Crippen molar-refractivity contribution in [3.05, 3.63) is 0 Å². The van der Waals surface area contributed by atoms with E-state index in [9.17, 15) is 4.79 Å². The minimum absolute atomic E-state index is 0.0959. The second kappa shape index (κ2) is 5.08. The van der Waals surface area contributed by atoms with Crippen molar-refractivity contribution in [3.63, 3.8) is 0 Å². The smallest absolute Gasteiger partial charge is 0.410 e. The summed E-state index contributed by atoms with van der Waals surface area (Å²) in [6.45, 7) is 11.7. The van der Waals surface area contributed by atoms with Crippen molar-refractivity contribution in [1.29, 1.82) is 0 Å². The molecular weight excluding hydrogens is 228 g/mol. The quantitative estimate of drug-likeness (QED) is 0.723. The first-order chi connectivity index (χ1) is 8.03. The van der Waals surface area contributed by atoms with Gasteiger partial charge in [-0.2, -0.15) is 0 Å². The molecule has 1 amide bonds. The maximum atomic E-state index is 12.1. The fourth-order valence-corrected chi connectivity index (χ4v) is 2.78. The lowest BCUT2D eigenvalue weighted by Gasteiger charge is -2.47. The number of ether oxygens (including phenoxy) is 1. The molecule has 0 saturated carbocycles. The van der Waals surface area contributed by atoms with Gasteiger partial charge in [-0.15, -0.1) is 0 Å². The predicted molar refractivity (Wildman–Crippen MR) is 73.7 cm³/mol. The Kier molecular flexibility index (Phi) is 4.31. The predicted octanol–water partition coefficient (Wildman–Crippen LogP) is 2.58. The maximum Gasteiger partial charge on any atom is 0.410 e. The summed E-state index contributed by atoms with van der Waals surface area (Å²) in [5.41, 5.74) is -0.321. The highest BCUT2D eigenvalue weighted by Gasteiger charge is 2.39. The molecule has 1 unspecified atom stereocenters. The molecule has 0 aromatic carbocycles. The van der Waals surface area contributed by atoms with Gasteiger partial charge in [-0.1, -0.05) is 13.8 Å². The van der Waals surface area contributed by atoms with E-state index >= 15 is 0 Å². The van der Waals surface area contributed by atoms with Gasteiger partial charge in [0, 0.05) is 19.1 Å². The normalized spacial score (nSPS) is 24.2. The van der Waals surface area contributed by atoms with Crippen LogP contribution in [0.15, 0.2) is 0 Å². The van der Waals surface area contributed by atoms with Gasteiger partial charge in [0.15, 0.2) is 0 Å². The summed E-state index contributed by atoms with van der Waals surface area (Å²) in [4.78, 5) is 16.2. The van der Waals surface area contributed by atoms with Crippen LogP contribution < -0.4 is 0 Å². The molecule has 0 aromatic rings. The zero-order chi connectivity index (χ0) is 14.1.